The Morgan fingerprint density at radius 2 is 1.82 bits per heavy atom. The first-order valence-corrected chi connectivity index (χ1v) is 6.69. The lowest BCUT2D eigenvalue weighted by molar-refractivity contribution is -0.160. The van der Waals surface area contributed by atoms with Crippen LogP contribution in [0.3, 0.4) is 0 Å². The Hall–Kier alpha value is -0.410. The monoisotopic (exact) mass is 240 g/mol. The molecule has 98 valence electrons. The van der Waals surface area contributed by atoms with Crippen molar-refractivity contribution in [3.05, 3.63) is 0 Å². The van der Waals surface area contributed by atoms with Gasteiger partial charge in [-0.2, -0.15) is 0 Å². The van der Waals surface area contributed by atoms with Gasteiger partial charge in [-0.05, 0) is 25.7 Å². The van der Waals surface area contributed by atoms with Crippen LogP contribution in [0, 0.1) is 11.3 Å². The SMILES string of the molecule is CC(C)(C)C(=O)C1CCOC2(CCOCC2)C1. The molecule has 0 N–H and O–H groups in total. The zero-order valence-corrected chi connectivity index (χ0v) is 11.3. The van der Waals surface area contributed by atoms with Gasteiger partial charge in [0.05, 0.1) is 5.60 Å². The summed E-state index contributed by atoms with van der Waals surface area (Å²) in [5.41, 5.74) is -0.295. The van der Waals surface area contributed by atoms with Gasteiger partial charge in [0.2, 0.25) is 0 Å². The third-order valence-corrected chi connectivity index (χ3v) is 4.01. The molecule has 0 aliphatic carbocycles. The second kappa shape index (κ2) is 4.69. The van der Waals surface area contributed by atoms with Gasteiger partial charge in [0.25, 0.3) is 0 Å². The van der Waals surface area contributed by atoms with Crippen molar-refractivity contribution in [1.82, 2.24) is 0 Å². The molecule has 0 aromatic heterocycles. The van der Waals surface area contributed by atoms with Crippen LogP contribution in [-0.4, -0.2) is 31.2 Å². The van der Waals surface area contributed by atoms with Gasteiger partial charge in [0.1, 0.15) is 5.78 Å². The van der Waals surface area contributed by atoms with Crippen LogP contribution in [0.25, 0.3) is 0 Å². The van der Waals surface area contributed by atoms with Crippen LogP contribution in [0.2, 0.25) is 0 Å². The number of hydrogen-bond donors (Lipinski definition) is 0. The molecule has 2 heterocycles. The average Bonchev–Trinajstić information content (AvgIpc) is 2.28. The minimum atomic E-state index is -0.228. The fourth-order valence-electron chi connectivity index (χ4n) is 2.96. The van der Waals surface area contributed by atoms with Crippen LogP contribution >= 0.6 is 0 Å². The minimum absolute atomic E-state index is 0.0674. The van der Waals surface area contributed by atoms with E-state index in [1.165, 1.54) is 0 Å². The molecule has 0 radical (unpaired) electrons. The van der Waals surface area contributed by atoms with Crippen molar-refractivity contribution in [2.45, 2.75) is 52.1 Å². The van der Waals surface area contributed by atoms with Crippen LogP contribution in [0.5, 0.6) is 0 Å². The number of carbonyl (C=O) groups excluding carboxylic acids is 1. The Kier molecular flexibility index (Phi) is 3.60. The molecule has 17 heavy (non-hydrogen) atoms. The van der Waals surface area contributed by atoms with Crippen molar-refractivity contribution in [3.8, 4) is 0 Å². The predicted molar refractivity (Wildman–Crippen MR) is 65.9 cm³/mol. The fraction of sp³-hybridized carbons (Fsp3) is 0.929. The molecule has 3 nitrogen and oxygen atoms in total. The lowest BCUT2D eigenvalue weighted by atomic mass is 9.73. The van der Waals surface area contributed by atoms with Crippen LogP contribution in [0.4, 0.5) is 0 Å². The summed E-state index contributed by atoms with van der Waals surface area (Å²) in [5.74, 6) is 0.577. The summed E-state index contributed by atoms with van der Waals surface area (Å²) in [6.07, 6.45) is 3.67. The standard InChI is InChI=1S/C14H24O3/c1-13(2,3)12(15)11-4-7-17-14(10-11)5-8-16-9-6-14/h11H,4-10H2,1-3H3. The highest BCUT2D eigenvalue weighted by atomic mass is 16.5. The first-order valence-electron chi connectivity index (χ1n) is 6.69. The molecule has 2 aliphatic heterocycles. The number of Topliss-reactive ketones (excluding diaryl/α,β-unsaturated/α-hetero) is 1. The van der Waals surface area contributed by atoms with E-state index in [1.807, 2.05) is 20.8 Å². The Balaban J connectivity index is 2.04. The third kappa shape index (κ3) is 2.89. The van der Waals surface area contributed by atoms with Crippen molar-refractivity contribution in [1.29, 1.82) is 0 Å². The highest BCUT2D eigenvalue weighted by molar-refractivity contribution is 5.86. The molecule has 0 bridgehead atoms. The second-order valence-corrected chi connectivity index (χ2v) is 6.45. The van der Waals surface area contributed by atoms with Crippen LogP contribution in [0.15, 0.2) is 0 Å². The van der Waals surface area contributed by atoms with Gasteiger partial charge in [-0.3, -0.25) is 4.79 Å². The molecule has 0 saturated carbocycles. The first-order chi connectivity index (χ1) is 7.93. The van der Waals surface area contributed by atoms with Crippen molar-refractivity contribution >= 4 is 5.78 Å². The summed E-state index contributed by atoms with van der Waals surface area (Å²) < 4.78 is 11.4. The van der Waals surface area contributed by atoms with Gasteiger partial charge in [0, 0.05) is 31.2 Å². The molecule has 2 aliphatic rings. The Labute approximate surface area is 104 Å². The van der Waals surface area contributed by atoms with Crippen LogP contribution in [-0.2, 0) is 14.3 Å². The summed E-state index contributed by atoms with van der Waals surface area (Å²) in [4.78, 5) is 12.4. The van der Waals surface area contributed by atoms with Crippen molar-refractivity contribution in [3.63, 3.8) is 0 Å². The normalized spacial score (nSPS) is 29.2. The van der Waals surface area contributed by atoms with Gasteiger partial charge in [0.15, 0.2) is 0 Å². The van der Waals surface area contributed by atoms with Gasteiger partial charge < -0.3 is 9.47 Å². The Morgan fingerprint density at radius 1 is 1.18 bits per heavy atom. The van der Waals surface area contributed by atoms with E-state index in [1.54, 1.807) is 0 Å². The smallest absolute Gasteiger partial charge is 0.141 e. The van der Waals surface area contributed by atoms with Crippen LogP contribution in [0.1, 0.15) is 46.5 Å². The highest BCUT2D eigenvalue weighted by Crippen LogP contribution is 2.39. The molecule has 1 atom stereocenters. The van der Waals surface area contributed by atoms with E-state index in [4.69, 9.17) is 9.47 Å². The third-order valence-electron chi connectivity index (χ3n) is 4.01. The number of rotatable bonds is 1. The maximum absolute atomic E-state index is 12.4. The van der Waals surface area contributed by atoms with Gasteiger partial charge in [-0.1, -0.05) is 20.8 Å². The van der Waals surface area contributed by atoms with Gasteiger partial charge in [-0.25, -0.2) is 0 Å². The van der Waals surface area contributed by atoms with Crippen LogP contribution < -0.4 is 0 Å². The quantitative estimate of drug-likeness (QED) is 0.706. The number of ether oxygens (including phenoxy) is 2. The molecule has 1 unspecified atom stereocenters. The molecule has 3 heteroatoms. The van der Waals surface area contributed by atoms with E-state index in [2.05, 4.69) is 0 Å². The number of carbonyl (C=O) groups is 1. The molecule has 0 amide bonds. The summed E-state index contributed by atoms with van der Waals surface area (Å²) in [6.45, 7) is 8.32. The summed E-state index contributed by atoms with van der Waals surface area (Å²) >= 11 is 0. The lowest BCUT2D eigenvalue weighted by Gasteiger charge is -2.43. The maximum atomic E-state index is 12.4. The Morgan fingerprint density at radius 3 is 2.41 bits per heavy atom. The zero-order chi connectivity index (χ0) is 12.5. The molecule has 2 fully saturated rings. The van der Waals surface area contributed by atoms with Crippen molar-refractivity contribution in [2.24, 2.45) is 11.3 Å². The molecular weight excluding hydrogens is 216 g/mol. The lowest BCUT2D eigenvalue weighted by Crippen LogP contribution is -2.47. The van der Waals surface area contributed by atoms with E-state index in [-0.39, 0.29) is 16.9 Å². The highest BCUT2D eigenvalue weighted by Gasteiger charge is 2.43. The largest absolute Gasteiger partial charge is 0.381 e. The van der Waals surface area contributed by atoms with Gasteiger partial charge >= 0.3 is 0 Å². The minimum Gasteiger partial charge on any atom is -0.381 e. The molecule has 2 rings (SSSR count). The summed E-state index contributed by atoms with van der Waals surface area (Å²) in [6, 6.07) is 0. The number of ketones is 1. The van der Waals surface area contributed by atoms with E-state index in [0.29, 0.717) is 5.78 Å². The molecule has 0 aromatic rings. The number of hydrogen-bond acceptors (Lipinski definition) is 3. The van der Waals surface area contributed by atoms with E-state index >= 15 is 0 Å². The zero-order valence-electron chi connectivity index (χ0n) is 11.3. The topological polar surface area (TPSA) is 35.5 Å². The molecule has 1 spiro atoms. The Bertz CT molecular complexity index is 279. The second-order valence-electron chi connectivity index (χ2n) is 6.45. The van der Waals surface area contributed by atoms with E-state index in [0.717, 1.165) is 45.5 Å². The van der Waals surface area contributed by atoms with Crippen molar-refractivity contribution in [2.75, 3.05) is 19.8 Å². The molecular formula is C14H24O3. The average molecular weight is 240 g/mol. The van der Waals surface area contributed by atoms with Crippen molar-refractivity contribution < 1.29 is 14.3 Å². The predicted octanol–water partition coefficient (Wildman–Crippen LogP) is 2.58. The van der Waals surface area contributed by atoms with E-state index in [9.17, 15) is 4.79 Å². The van der Waals surface area contributed by atoms with E-state index < -0.39 is 0 Å². The molecule has 2 saturated heterocycles. The maximum Gasteiger partial charge on any atom is 0.141 e. The molecule has 0 aromatic carbocycles. The summed E-state index contributed by atoms with van der Waals surface area (Å²) in [7, 11) is 0. The fourth-order valence-corrected chi connectivity index (χ4v) is 2.96. The van der Waals surface area contributed by atoms with Gasteiger partial charge in [-0.15, -0.1) is 0 Å². The first kappa shape index (κ1) is 13.0. The summed E-state index contributed by atoms with van der Waals surface area (Å²) in [5, 5.41) is 0.